The van der Waals surface area contributed by atoms with Crippen LogP contribution in [0.2, 0.25) is 0 Å². The number of ketones is 1. The van der Waals surface area contributed by atoms with Gasteiger partial charge in [-0.05, 0) is 36.5 Å². The second-order valence-corrected chi connectivity index (χ2v) is 4.18. The van der Waals surface area contributed by atoms with Gasteiger partial charge in [0.25, 0.3) is 0 Å². The summed E-state index contributed by atoms with van der Waals surface area (Å²) in [6, 6.07) is 5.54. The Morgan fingerprint density at radius 3 is 3.18 bits per heavy atom. The molecule has 0 aliphatic carbocycles. The zero-order valence-electron chi connectivity index (χ0n) is 9.81. The van der Waals surface area contributed by atoms with E-state index in [1.54, 1.807) is 13.0 Å². The average molecular weight is 234 g/mol. The minimum absolute atomic E-state index is 0.173. The fraction of sp³-hybridized carbons (Fsp3) is 0.417. The summed E-state index contributed by atoms with van der Waals surface area (Å²) in [5, 5.41) is 9.53. The third-order valence-electron chi connectivity index (χ3n) is 2.72. The van der Waals surface area contributed by atoms with Crippen LogP contribution in [0.15, 0.2) is 18.2 Å². The number of ether oxygens (including phenoxy) is 1. The highest BCUT2D eigenvalue weighted by Crippen LogP contribution is 2.16. The normalized spacial score (nSPS) is 13.6. The van der Waals surface area contributed by atoms with Crippen molar-refractivity contribution in [3.63, 3.8) is 0 Å². The van der Waals surface area contributed by atoms with Crippen LogP contribution in [-0.4, -0.2) is 24.5 Å². The highest BCUT2D eigenvalue weighted by molar-refractivity contribution is 6.61. The molecule has 0 bridgehead atoms. The number of hydrogen-bond acceptors (Lipinski definition) is 4. The smallest absolute Gasteiger partial charge is 0.491 e. The molecule has 1 aliphatic heterocycles. The van der Waals surface area contributed by atoms with Crippen molar-refractivity contribution < 1.29 is 19.2 Å². The Balaban J connectivity index is 1.90. The fourth-order valence-electron chi connectivity index (χ4n) is 1.79. The monoisotopic (exact) mass is 234 g/mol. The minimum atomic E-state index is -0.842. The highest BCUT2D eigenvalue weighted by Gasteiger charge is 2.27. The van der Waals surface area contributed by atoms with Crippen molar-refractivity contribution in [1.29, 1.82) is 0 Å². The van der Waals surface area contributed by atoms with Gasteiger partial charge in [-0.25, -0.2) is 0 Å². The van der Waals surface area contributed by atoms with E-state index in [1.807, 2.05) is 12.1 Å². The van der Waals surface area contributed by atoms with Gasteiger partial charge < -0.3 is 19.2 Å². The first-order valence-corrected chi connectivity index (χ1v) is 5.71. The van der Waals surface area contributed by atoms with Crippen molar-refractivity contribution in [1.82, 2.24) is 0 Å². The number of rotatable bonds is 5. The summed E-state index contributed by atoms with van der Waals surface area (Å²) in [5.41, 5.74) is 1.77. The molecule has 0 spiro atoms. The molecule has 1 N–H and O–H groups in total. The number of carbonyl (C=O) groups excluding carboxylic acids is 1. The zero-order valence-corrected chi connectivity index (χ0v) is 9.81. The van der Waals surface area contributed by atoms with Crippen molar-refractivity contribution in [2.24, 2.45) is 0 Å². The Labute approximate surface area is 101 Å². The van der Waals surface area contributed by atoms with E-state index in [0.717, 1.165) is 11.0 Å². The Kier molecular flexibility index (Phi) is 3.81. The number of benzene rings is 1. The van der Waals surface area contributed by atoms with E-state index in [1.165, 1.54) is 0 Å². The first-order valence-electron chi connectivity index (χ1n) is 5.71. The number of carbonyl (C=O) groups is 1. The van der Waals surface area contributed by atoms with Gasteiger partial charge in [0, 0.05) is 6.42 Å². The third-order valence-corrected chi connectivity index (χ3v) is 2.72. The molecule has 1 aromatic rings. The minimum Gasteiger partial charge on any atom is -0.494 e. The van der Waals surface area contributed by atoms with Crippen LogP contribution >= 0.6 is 0 Å². The quantitative estimate of drug-likeness (QED) is 0.600. The molecule has 0 amide bonds. The van der Waals surface area contributed by atoms with Crippen molar-refractivity contribution in [3.8, 4) is 5.75 Å². The van der Waals surface area contributed by atoms with Gasteiger partial charge in [-0.1, -0.05) is 6.07 Å². The van der Waals surface area contributed by atoms with Crippen LogP contribution in [-0.2, 0) is 16.1 Å². The average Bonchev–Trinajstić information content (AvgIpc) is 2.66. The molecule has 0 unspecified atom stereocenters. The lowest BCUT2D eigenvalue weighted by Crippen LogP contribution is -2.28. The SMILES string of the molecule is CC(=O)CCCOc1ccc2c(c1)B(O)OC2. The molecule has 0 saturated carbocycles. The van der Waals surface area contributed by atoms with Gasteiger partial charge in [-0.3, -0.25) is 0 Å². The second kappa shape index (κ2) is 5.34. The number of fused-ring (bicyclic) bond motifs is 1. The summed E-state index contributed by atoms with van der Waals surface area (Å²) in [7, 11) is -0.842. The molecule has 17 heavy (non-hydrogen) atoms. The van der Waals surface area contributed by atoms with Gasteiger partial charge in [0.15, 0.2) is 0 Å². The summed E-state index contributed by atoms with van der Waals surface area (Å²) in [6.45, 7) is 2.53. The third kappa shape index (κ3) is 3.08. The van der Waals surface area contributed by atoms with Crippen LogP contribution < -0.4 is 10.2 Å². The molecule has 2 rings (SSSR count). The molecule has 0 aromatic heterocycles. The molecule has 0 fully saturated rings. The maximum absolute atomic E-state index is 10.7. The molecule has 4 nitrogen and oxygen atoms in total. The van der Waals surface area contributed by atoms with Gasteiger partial charge in [-0.15, -0.1) is 0 Å². The molecule has 90 valence electrons. The summed E-state index contributed by atoms with van der Waals surface area (Å²) in [4.78, 5) is 10.7. The Morgan fingerprint density at radius 2 is 2.41 bits per heavy atom. The largest absolute Gasteiger partial charge is 0.494 e. The maximum Gasteiger partial charge on any atom is 0.491 e. The molecule has 1 aromatic carbocycles. The molecular formula is C12H15BO4. The first kappa shape index (κ1) is 12.1. The molecular weight excluding hydrogens is 219 g/mol. The maximum atomic E-state index is 10.7. The van der Waals surface area contributed by atoms with Crippen LogP contribution in [0.1, 0.15) is 25.3 Å². The lowest BCUT2D eigenvalue weighted by Gasteiger charge is -2.07. The second-order valence-electron chi connectivity index (χ2n) is 4.18. The van der Waals surface area contributed by atoms with Crippen LogP contribution in [0.5, 0.6) is 5.75 Å². The highest BCUT2D eigenvalue weighted by atomic mass is 16.5. The summed E-state index contributed by atoms with van der Waals surface area (Å²) in [6.07, 6.45) is 1.25. The van der Waals surface area contributed by atoms with Crippen LogP contribution in [0.25, 0.3) is 0 Å². The van der Waals surface area contributed by atoms with Gasteiger partial charge in [0.05, 0.1) is 13.2 Å². The van der Waals surface area contributed by atoms with Crippen molar-refractivity contribution >= 4 is 18.4 Å². The Morgan fingerprint density at radius 1 is 1.59 bits per heavy atom. The van der Waals surface area contributed by atoms with E-state index >= 15 is 0 Å². The molecule has 0 atom stereocenters. The van der Waals surface area contributed by atoms with Gasteiger partial charge in [-0.2, -0.15) is 0 Å². The summed E-state index contributed by atoms with van der Waals surface area (Å²) in [5.74, 6) is 0.878. The molecule has 1 heterocycles. The van der Waals surface area contributed by atoms with Crippen molar-refractivity contribution in [2.45, 2.75) is 26.4 Å². The predicted molar refractivity (Wildman–Crippen MR) is 64.2 cm³/mol. The van der Waals surface area contributed by atoms with E-state index < -0.39 is 7.12 Å². The van der Waals surface area contributed by atoms with Crippen LogP contribution in [0.4, 0.5) is 0 Å². The Bertz CT molecular complexity index is 419. The molecule has 0 radical (unpaired) electrons. The summed E-state index contributed by atoms with van der Waals surface area (Å²) < 4.78 is 10.6. The van der Waals surface area contributed by atoms with Gasteiger partial charge >= 0.3 is 7.12 Å². The van der Waals surface area contributed by atoms with E-state index in [2.05, 4.69) is 0 Å². The molecule has 1 aliphatic rings. The van der Waals surface area contributed by atoms with E-state index in [-0.39, 0.29) is 5.78 Å². The first-order chi connectivity index (χ1) is 8.16. The number of hydrogen-bond donors (Lipinski definition) is 1. The van der Waals surface area contributed by atoms with Crippen molar-refractivity contribution in [2.75, 3.05) is 6.61 Å². The Hall–Kier alpha value is -1.33. The van der Waals surface area contributed by atoms with Crippen LogP contribution in [0, 0.1) is 0 Å². The van der Waals surface area contributed by atoms with E-state index in [9.17, 15) is 9.82 Å². The molecule has 5 heteroatoms. The summed E-state index contributed by atoms with van der Waals surface area (Å²) >= 11 is 0. The fourth-order valence-corrected chi connectivity index (χ4v) is 1.79. The predicted octanol–water partition coefficient (Wildman–Crippen LogP) is 0.652. The topological polar surface area (TPSA) is 55.8 Å². The van der Waals surface area contributed by atoms with E-state index in [0.29, 0.717) is 31.8 Å². The zero-order chi connectivity index (χ0) is 12.3. The number of Topliss-reactive ketones (excluding diaryl/α,β-unsaturated/α-hetero) is 1. The van der Waals surface area contributed by atoms with Crippen molar-refractivity contribution in [3.05, 3.63) is 23.8 Å². The lowest BCUT2D eigenvalue weighted by atomic mass is 9.79. The standard InChI is InChI=1S/C12H15BO4/c1-9(14)3-2-6-16-11-5-4-10-8-17-13(15)12(10)7-11/h4-5,7,15H,2-3,6,8H2,1H3. The lowest BCUT2D eigenvalue weighted by molar-refractivity contribution is -0.117. The molecule has 0 saturated heterocycles. The van der Waals surface area contributed by atoms with Gasteiger partial charge in [0.2, 0.25) is 0 Å². The van der Waals surface area contributed by atoms with E-state index in [4.69, 9.17) is 9.39 Å². The van der Waals surface area contributed by atoms with Gasteiger partial charge in [0.1, 0.15) is 11.5 Å². The van der Waals surface area contributed by atoms with Crippen LogP contribution in [0.3, 0.4) is 0 Å².